The number of phenolic OH excluding ortho intramolecular Hbond substituents is 1. The van der Waals surface area contributed by atoms with Gasteiger partial charge in [0.05, 0.1) is 29.4 Å². The summed E-state index contributed by atoms with van der Waals surface area (Å²) in [5.74, 6) is -0.324. The number of aryl methyl sites for hydroxylation is 2. The number of amides is 1. The first-order chi connectivity index (χ1) is 9.92. The van der Waals surface area contributed by atoms with Gasteiger partial charge in [-0.2, -0.15) is 0 Å². The van der Waals surface area contributed by atoms with E-state index in [1.165, 1.54) is 19.2 Å². The maximum Gasteiger partial charge on any atom is 0.251 e. The average Bonchev–Trinajstić information content (AvgIpc) is 2.77. The number of ether oxygens (including phenoxy) is 1. The second-order valence-electron chi connectivity index (χ2n) is 4.43. The average molecular weight is 327 g/mol. The monoisotopic (exact) mass is 326 g/mol. The maximum absolute atomic E-state index is 12.1. The number of thiazole rings is 1. The summed E-state index contributed by atoms with van der Waals surface area (Å²) in [6.45, 7) is 4.23. The van der Waals surface area contributed by atoms with Crippen molar-refractivity contribution in [3.8, 4) is 11.5 Å². The number of rotatable bonds is 4. The molecule has 0 aliphatic heterocycles. The second-order valence-corrected chi connectivity index (χ2v) is 6.24. The van der Waals surface area contributed by atoms with Gasteiger partial charge in [0.1, 0.15) is 0 Å². The van der Waals surface area contributed by atoms with Crippen molar-refractivity contribution < 1.29 is 14.6 Å². The van der Waals surface area contributed by atoms with Crippen molar-refractivity contribution in [1.29, 1.82) is 0 Å². The molecule has 7 heteroatoms. The minimum absolute atomic E-state index is 0.0696. The van der Waals surface area contributed by atoms with Crippen molar-refractivity contribution >= 4 is 28.8 Å². The predicted octanol–water partition coefficient (Wildman–Crippen LogP) is 3.06. The normalized spacial score (nSPS) is 10.5. The third-order valence-electron chi connectivity index (χ3n) is 2.93. The Morgan fingerprint density at radius 1 is 1.48 bits per heavy atom. The lowest BCUT2D eigenvalue weighted by atomic mass is 10.2. The molecule has 0 unspecified atom stereocenters. The summed E-state index contributed by atoms with van der Waals surface area (Å²) in [7, 11) is 1.40. The lowest BCUT2D eigenvalue weighted by molar-refractivity contribution is 0.0950. The van der Waals surface area contributed by atoms with Crippen molar-refractivity contribution in [3.05, 3.63) is 38.3 Å². The largest absolute Gasteiger partial charge is 0.503 e. The Kier molecular flexibility index (Phi) is 4.69. The number of halogens is 1. The Labute approximate surface area is 131 Å². The third kappa shape index (κ3) is 3.46. The molecule has 5 nitrogen and oxygen atoms in total. The fraction of sp³-hybridized carbons (Fsp3) is 0.286. The Balaban J connectivity index is 2.14. The molecule has 0 atom stereocenters. The smallest absolute Gasteiger partial charge is 0.251 e. The van der Waals surface area contributed by atoms with E-state index >= 15 is 0 Å². The standard InChI is InChI=1S/C14H15ClN2O3S/c1-7-11(17-8(2)21-7)6-16-14(19)9-4-10(15)13(18)12(5-9)20-3/h4-5,18H,6H2,1-3H3,(H,16,19). The molecule has 0 radical (unpaired) electrons. The summed E-state index contributed by atoms with van der Waals surface area (Å²) in [6.07, 6.45) is 0. The van der Waals surface area contributed by atoms with Crippen molar-refractivity contribution in [2.45, 2.75) is 20.4 Å². The van der Waals surface area contributed by atoms with Crippen LogP contribution in [0.15, 0.2) is 12.1 Å². The van der Waals surface area contributed by atoms with E-state index in [-0.39, 0.29) is 22.4 Å². The van der Waals surface area contributed by atoms with Crippen molar-refractivity contribution in [2.75, 3.05) is 7.11 Å². The van der Waals surface area contributed by atoms with Gasteiger partial charge in [-0.3, -0.25) is 4.79 Å². The van der Waals surface area contributed by atoms with Gasteiger partial charge in [0, 0.05) is 10.4 Å². The number of aromatic hydroxyl groups is 1. The first-order valence-electron chi connectivity index (χ1n) is 6.20. The molecule has 2 rings (SSSR count). The molecule has 21 heavy (non-hydrogen) atoms. The molecule has 1 heterocycles. The zero-order chi connectivity index (χ0) is 15.6. The van der Waals surface area contributed by atoms with Crippen LogP contribution in [-0.2, 0) is 6.54 Å². The van der Waals surface area contributed by atoms with E-state index in [4.69, 9.17) is 16.3 Å². The predicted molar refractivity (Wildman–Crippen MR) is 82.4 cm³/mol. The van der Waals surface area contributed by atoms with Gasteiger partial charge < -0.3 is 15.2 Å². The topological polar surface area (TPSA) is 71.5 Å². The van der Waals surface area contributed by atoms with Crippen LogP contribution in [0.25, 0.3) is 0 Å². The van der Waals surface area contributed by atoms with Crippen LogP contribution in [0.2, 0.25) is 5.02 Å². The summed E-state index contributed by atoms with van der Waals surface area (Å²) in [5.41, 5.74) is 1.17. The number of nitrogens with zero attached hydrogens (tertiary/aromatic N) is 1. The highest BCUT2D eigenvalue weighted by molar-refractivity contribution is 7.11. The van der Waals surface area contributed by atoms with Gasteiger partial charge in [0.15, 0.2) is 11.5 Å². The Bertz CT molecular complexity index is 685. The summed E-state index contributed by atoms with van der Waals surface area (Å²) >= 11 is 7.46. The first kappa shape index (κ1) is 15.6. The van der Waals surface area contributed by atoms with Crippen molar-refractivity contribution in [3.63, 3.8) is 0 Å². The molecule has 1 aromatic carbocycles. The number of benzene rings is 1. The van der Waals surface area contributed by atoms with Gasteiger partial charge in [-0.25, -0.2) is 4.98 Å². The molecule has 0 bridgehead atoms. The van der Waals surface area contributed by atoms with E-state index in [1.54, 1.807) is 11.3 Å². The van der Waals surface area contributed by atoms with Gasteiger partial charge in [0.25, 0.3) is 5.91 Å². The van der Waals surface area contributed by atoms with Crippen LogP contribution < -0.4 is 10.1 Å². The highest BCUT2D eigenvalue weighted by atomic mass is 35.5. The quantitative estimate of drug-likeness (QED) is 0.905. The Morgan fingerprint density at radius 3 is 2.76 bits per heavy atom. The van der Waals surface area contributed by atoms with Crippen LogP contribution in [-0.4, -0.2) is 23.1 Å². The van der Waals surface area contributed by atoms with E-state index in [1.807, 2.05) is 13.8 Å². The number of nitrogens with one attached hydrogen (secondary N) is 1. The van der Waals surface area contributed by atoms with Crippen LogP contribution >= 0.6 is 22.9 Å². The molecule has 0 aliphatic carbocycles. The lowest BCUT2D eigenvalue weighted by Gasteiger charge is -2.09. The summed E-state index contributed by atoms with van der Waals surface area (Å²) in [4.78, 5) is 17.6. The fourth-order valence-corrected chi connectivity index (χ4v) is 2.91. The number of hydrogen-bond donors (Lipinski definition) is 2. The maximum atomic E-state index is 12.1. The zero-order valence-corrected chi connectivity index (χ0v) is 13.4. The number of phenols is 1. The van der Waals surface area contributed by atoms with E-state index in [2.05, 4.69) is 10.3 Å². The Morgan fingerprint density at radius 2 is 2.19 bits per heavy atom. The molecular formula is C14H15ClN2O3S. The first-order valence-corrected chi connectivity index (χ1v) is 7.39. The van der Waals surface area contributed by atoms with Gasteiger partial charge >= 0.3 is 0 Å². The Hall–Kier alpha value is -1.79. The second kappa shape index (κ2) is 6.32. The molecule has 2 N–H and O–H groups in total. The molecule has 1 aromatic heterocycles. The number of hydrogen-bond acceptors (Lipinski definition) is 5. The minimum Gasteiger partial charge on any atom is -0.503 e. The van der Waals surface area contributed by atoms with Gasteiger partial charge in [0.2, 0.25) is 0 Å². The minimum atomic E-state index is -0.305. The lowest BCUT2D eigenvalue weighted by Crippen LogP contribution is -2.23. The highest BCUT2D eigenvalue weighted by Gasteiger charge is 2.14. The third-order valence-corrected chi connectivity index (χ3v) is 4.14. The highest BCUT2D eigenvalue weighted by Crippen LogP contribution is 2.34. The summed E-state index contributed by atoms with van der Waals surface area (Å²) in [5, 5.41) is 13.5. The van der Waals surface area contributed by atoms with Gasteiger partial charge in [-0.15, -0.1) is 11.3 Å². The fourth-order valence-electron chi connectivity index (χ4n) is 1.86. The van der Waals surface area contributed by atoms with Crippen LogP contribution in [0.3, 0.4) is 0 Å². The number of aromatic nitrogens is 1. The molecule has 112 valence electrons. The van der Waals surface area contributed by atoms with Gasteiger partial charge in [-0.1, -0.05) is 11.6 Å². The van der Waals surface area contributed by atoms with Crippen molar-refractivity contribution in [2.24, 2.45) is 0 Å². The molecule has 2 aromatic rings. The van der Waals surface area contributed by atoms with E-state index in [9.17, 15) is 9.90 Å². The van der Waals surface area contributed by atoms with Crippen LogP contribution in [0.4, 0.5) is 0 Å². The zero-order valence-electron chi connectivity index (χ0n) is 11.9. The number of methoxy groups -OCH3 is 1. The number of carbonyl (C=O) groups excluding carboxylic acids is 1. The number of carbonyl (C=O) groups is 1. The summed E-state index contributed by atoms with van der Waals surface area (Å²) in [6, 6.07) is 2.84. The molecule has 0 spiro atoms. The molecule has 0 aliphatic rings. The molecule has 0 saturated carbocycles. The SMILES string of the molecule is COc1cc(C(=O)NCc2nc(C)sc2C)cc(Cl)c1O. The van der Waals surface area contributed by atoms with E-state index in [0.29, 0.717) is 12.1 Å². The van der Waals surface area contributed by atoms with E-state index in [0.717, 1.165) is 15.6 Å². The molecule has 0 saturated heterocycles. The molecule has 0 fully saturated rings. The molecule has 1 amide bonds. The summed E-state index contributed by atoms with van der Waals surface area (Å²) < 4.78 is 4.98. The van der Waals surface area contributed by atoms with Gasteiger partial charge in [-0.05, 0) is 26.0 Å². The van der Waals surface area contributed by atoms with Crippen LogP contribution in [0.5, 0.6) is 11.5 Å². The van der Waals surface area contributed by atoms with Crippen molar-refractivity contribution in [1.82, 2.24) is 10.3 Å². The molecular weight excluding hydrogens is 312 g/mol. The van der Waals surface area contributed by atoms with Crippen LogP contribution in [0.1, 0.15) is 25.9 Å². The van der Waals surface area contributed by atoms with E-state index < -0.39 is 0 Å². The van der Waals surface area contributed by atoms with Crippen LogP contribution in [0, 0.1) is 13.8 Å².